The zero-order valence-electron chi connectivity index (χ0n) is 9.59. The van der Waals surface area contributed by atoms with Crippen LogP contribution in [0.25, 0.3) is 0 Å². The monoisotopic (exact) mass is 281 g/mol. The molecule has 2 N–H and O–H groups in total. The smallest absolute Gasteiger partial charge is 0.125 e. The highest BCUT2D eigenvalue weighted by molar-refractivity contribution is 9.10. The molecule has 0 saturated heterocycles. The molecule has 0 aliphatic carbocycles. The molecular weight excluding hydrogens is 266 g/mol. The van der Waals surface area contributed by atoms with Gasteiger partial charge in [0, 0.05) is 22.5 Å². The second-order valence-electron chi connectivity index (χ2n) is 3.50. The second kappa shape index (κ2) is 6.57. The molecule has 1 aromatic rings. The van der Waals surface area contributed by atoms with Gasteiger partial charge in [-0.15, -0.1) is 11.8 Å². The summed E-state index contributed by atoms with van der Waals surface area (Å²) < 4.78 is 6.66. The van der Waals surface area contributed by atoms with Crippen LogP contribution < -0.4 is 10.5 Å². The van der Waals surface area contributed by atoms with E-state index < -0.39 is 0 Å². The van der Waals surface area contributed by atoms with E-state index in [1.807, 2.05) is 32.0 Å². The molecule has 1 atom stereocenters. The fraction of sp³-hybridized carbons (Fsp3) is 0.385. The highest BCUT2D eigenvalue weighted by Gasteiger charge is 2.08. The van der Waals surface area contributed by atoms with Gasteiger partial charge in [0.15, 0.2) is 0 Å². The Balaban J connectivity index is 2.74. The molecular formula is C13H16BrNO. The summed E-state index contributed by atoms with van der Waals surface area (Å²) in [5.41, 5.74) is 6.89. The van der Waals surface area contributed by atoms with Crippen molar-refractivity contribution in [2.75, 3.05) is 6.61 Å². The van der Waals surface area contributed by atoms with Gasteiger partial charge < -0.3 is 10.5 Å². The van der Waals surface area contributed by atoms with Crippen LogP contribution in [-0.2, 0) is 0 Å². The summed E-state index contributed by atoms with van der Waals surface area (Å²) in [6, 6.07) is 5.87. The van der Waals surface area contributed by atoms with Gasteiger partial charge in [-0.3, -0.25) is 0 Å². The Hall–Kier alpha value is -0.980. The molecule has 0 saturated carbocycles. The summed E-state index contributed by atoms with van der Waals surface area (Å²) in [6.45, 7) is 4.37. The molecule has 1 rings (SSSR count). The number of hydrogen-bond acceptors (Lipinski definition) is 2. The molecule has 0 aliphatic heterocycles. The van der Waals surface area contributed by atoms with Crippen LogP contribution in [-0.4, -0.2) is 6.61 Å². The first-order chi connectivity index (χ1) is 7.65. The molecule has 0 heterocycles. The maximum Gasteiger partial charge on any atom is 0.125 e. The lowest BCUT2D eigenvalue weighted by Crippen LogP contribution is -2.08. The first kappa shape index (κ1) is 13.1. The van der Waals surface area contributed by atoms with E-state index in [0.717, 1.165) is 22.2 Å². The van der Waals surface area contributed by atoms with E-state index in [4.69, 9.17) is 10.5 Å². The van der Waals surface area contributed by atoms with Gasteiger partial charge in [-0.1, -0.05) is 22.0 Å². The zero-order chi connectivity index (χ0) is 12.0. The second-order valence-corrected chi connectivity index (χ2v) is 4.41. The Kier molecular flexibility index (Phi) is 5.37. The van der Waals surface area contributed by atoms with Crippen LogP contribution in [0.2, 0.25) is 0 Å². The van der Waals surface area contributed by atoms with Crippen molar-refractivity contribution in [3.8, 4) is 17.6 Å². The molecule has 0 spiro atoms. The fourth-order valence-electron chi connectivity index (χ4n) is 1.35. The first-order valence-electron chi connectivity index (χ1n) is 5.22. The molecule has 0 radical (unpaired) electrons. The van der Waals surface area contributed by atoms with E-state index in [0.29, 0.717) is 6.61 Å². The van der Waals surface area contributed by atoms with Gasteiger partial charge in [0.2, 0.25) is 0 Å². The number of nitrogens with two attached hydrogens (primary N) is 1. The molecule has 0 bridgehead atoms. The van der Waals surface area contributed by atoms with Crippen LogP contribution in [0.3, 0.4) is 0 Å². The average Bonchev–Trinajstić information content (AvgIpc) is 2.24. The van der Waals surface area contributed by atoms with Gasteiger partial charge in [-0.05, 0) is 26.0 Å². The number of rotatable bonds is 4. The standard InChI is InChI=1S/C13H16BrNO/c1-3-4-5-8-16-13-9-11(14)6-7-12(13)10(2)15/h6-7,9-10H,5,8,15H2,1-2H3/t10-/m0/s1. The van der Waals surface area contributed by atoms with Crippen molar-refractivity contribution in [2.45, 2.75) is 26.3 Å². The number of ether oxygens (including phenoxy) is 1. The van der Waals surface area contributed by atoms with Crippen molar-refractivity contribution in [1.29, 1.82) is 0 Å². The molecule has 0 aromatic heterocycles. The van der Waals surface area contributed by atoms with E-state index in [-0.39, 0.29) is 6.04 Å². The lowest BCUT2D eigenvalue weighted by Gasteiger charge is -2.13. The molecule has 0 aliphatic rings. The van der Waals surface area contributed by atoms with Crippen LogP contribution in [0.4, 0.5) is 0 Å². The Morgan fingerprint density at radius 3 is 2.88 bits per heavy atom. The quantitative estimate of drug-likeness (QED) is 0.679. The lowest BCUT2D eigenvalue weighted by atomic mass is 10.1. The third kappa shape index (κ3) is 3.88. The van der Waals surface area contributed by atoms with Crippen molar-refractivity contribution >= 4 is 15.9 Å². The van der Waals surface area contributed by atoms with E-state index in [1.165, 1.54) is 0 Å². The minimum Gasteiger partial charge on any atom is -0.492 e. The van der Waals surface area contributed by atoms with Crippen LogP contribution in [0, 0.1) is 11.8 Å². The summed E-state index contributed by atoms with van der Waals surface area (Å²) in [6.07, 6.45) is 0.738. The molecule has 1 aromatic carbocycles. The minimum absolute atomic E-state index is 0.0274. The fourth-order valence-corrected chi connectivity index (χ4v) is 1.69. The summed E-state index contributed by atoms with van der Waals surface area (Å²) in [5.74, 6) is 6.64. The summed E-state index contributed by atoms with van der Waals surface area (Å²) in [5, 5.41) is 0. The molecule has 86 valence electrons. The maximum absolute atomic E-state index is 5.87. The minimum atomic E-state index is -0.0274. The predicted molar refractivity (Wildman–Crippen MR) is 70.3 cm³/mol. The van der Waals surface area contributed by atoms with Crippen molar-refractivity contribution in [3.05, 3.63) is 28.2 Å². The Labute approximate surface area is 105 Å². The number of benzene rings is 1. The SMILES string of the molecule is CC#CCCOc1cc(Br)ccc1[C@H](C)N. The topological polar surface area (TPSA) is 35.2 Å². The summed E-state index contributed by atoms with van der Waals surface area (Å²) in [4.78, 5) is 0. The Bertz CT molecular complexity index is 404. The van der Waals surface area contributed by atoms with E-state index in [9.17, 15) is 0 Å². The third-order valence-corrected chi connectivity index (χ3v) is 2.62. The molecule has 0 fully saturated rings. The largest absolute Gasteiger partial charge is 0.492 e. The third-order valence-electron chi connectivity index (χ3n) is 2.13. The van der Waals surface area contributed by atoms with Crippen LogP contribution in [0.5, 0.6) is 5.75 Å². The van der Waals surface area contributed by atoms with Gasteiger partial charge in [0.1, 0.15) is 5.75 Å². The van der Waals surface area contributed by atoms with E-state index in [2.05, 4.69) is 27.8 Å². The Morgan fingerprint density at radius 1 is 1.50 bits per heavy atom. The van der Waals surface area contributed by atoms with Crippen molar-refractivity contribution < 1.29 is 4.74 Å². The summed E-state index contributed by atoms with van der Waals surface area (Å²) in [7, 11) is 0. The van der Waals surface area contributed by atoms with E-state index in [1.54, 1.807) is 0 Å². The van der Waals surface area contributed by atoms with Crippen LogP contribution in [0.1, 0.15) is 31.9 Å². The number of halogens is 1. The highest BCUT2D eigenvalue weighted by atomic mass is 79.9. The maximum atomic E-state index is 5.87. The predicted octanol–water partition coefficient (Wildman–Crippen LogP) is 3.26. The van der Waals surface area contributed by atoms with E-state index >= 15 is 0 Å². The van der Waals surface area contributed by atoms with Gasteiger partial charge >= 0.3 is 0 Å². The average molecular weight is 282 g/mol. The van der Waals surface area contributed by atoms with Crippen LogP contribution in [0.15, 0.2) is 22.7 Å². The van der Waals surface area contributed by atoms with Crippen molar-refractivity contribution in [3.63, 3.8) is 0 Å². The van der Waals surface area contributed by atoms with Crippen molar-refractivity contribution in [1.82, 2.24) is 0 Å². The molecule has 16 heavy (non-hydrogen) atoms. The number of hydrogen-bond donors (Lipinski definition) is 1. The molecule has 0 unspecified atom stereocenters. The Morgan fingerprint density at radius 2 is 2.25 bits per heavy atom. The van der Waals surface area contributed by atoms with Gasteiger partial charge in [0.25, 0.3) is 0 Å². The normalized spacial score (nSPS) is 11.5. The molecule has 2 nitrogen and oxygen atoms in total. The molecule has 3 heteroatoms. The zero-order valence-corrected chi connectivity index (χ0v) is 11.2. The first-order valence-corrected chi connectivity index (χ1v) is 6.02. The van der Waals surface area contributed by atoms with Crippen molar-refractivity contribution in [2.24, 2.45) is 5.73 Å². The summed E-state index contributed by atoms with van der Waals surface area (Å²) >= 11 is 3.42. The van der Waals surface area contributed by atoms with Gasteiger partial charge in [0.05, 0.1) is 6.61 Å². The lowest BCUT2D eigenvalue weighted by molar-refractivity contribution is 0.322. The molecule has 0 amide bonds. The van der Waals surface area contributed by atoms with Gasteiger partial charge in [-0.25, -0.2) is 0 Å². The van der Waals surface area contributed by atoms with Crippen LogP contribution >= 0.6 is 15.9 Å². The highest BCUT2D eigenvalue weighted by Crippen LogP contribution is 2.27. The van der Waals surface area contributed by atoms with Gasteiger partial charge in [-0.2, -0.15) is 0 Å².